The number of aliphatic hydroxyl groups is 1. The van der Waals surface area contributed by atoms with Crippen molar-refractivity contribution in [2.24, 2.45) is 0 Å². The lowest BCUT2D eigenvalue weighted by Crippen LogP contribution is -2.61. The summed E-state index contributed by atoms with van der Waals surface area (Å²) in [5.41, 5.74) is 3.21. The Balaban J connectivity index is 1.07. The normalized spacial score (nSPS) is 24.9. The molecule has 5 aromatic carbocycles. The van der Waals surface area contributed by atoms with E-state index in [1.54, 1.807) is 30.3 Å². The molecule has 13 nitrogen and oxygen atoms in total. The summed E-state index contributed by atoms with van der Waals surface area (Å²) in [6.07, 6.45) is -10.4. The number of benzene rings is 5. The lowest BCUT2D eigenvalue weighted by molar-refractivity contribution is -0.307. The summed E-state index contributed by atoms with van der Waals surface area (Å²) in [4.78, 5) is 41.3. The number of hydrogen-bond donors (Lipinski definition) is 1. The fraction of sp³-hybridized carbons (Fsp3) is 0.377. The van der Waals surface area contributed by atoms with Crippen molar-refractivity contribution in [1.29, 1.82) is 0 Å². The molecule has 2 heterocycles. The van der Waals surface area contributed by atoms with Crippen LogP contribution < -0.4 is 0 Å². The van der Waals surface area contributed by atoms with E-state index in [9.17, 15) is 19.5 Å². The Labute approximate surface area is 395 Å². The quantitative estimate of drug-likeness (QED) is 0.0527. The summed E-state index contributed by atoms with van der Waals surface area (Å²) in [6, 6.07) is 46.5. The van der Waals surface area contributed by atoms with Gasteiger partial charge in [-0.15, -0.1) is 11.8 Å². The predicted molar refractivity (Wildman–Crippen MR) is 249 cm³/mol. The van der Waals surface area contributed by atoms with Gasteiger partial charge in [-0.2, -0.15) is 0 Å². The van der Waals surface area contributed by atoms with Gasteiger partial charge in [0, 0.05) is 0 Å². The second-order valence-corrected chi connectivity index (χ2v) is 17.5. The van der Waals surface area contributed by atoms with Gasteiger partial charge in [0.1, 0.15) is 29.9 Å². The summed E-state index contributed by atoms with van der Waals surface area (Å²) in [5, 5.41) is 11.9. The van der Waals surface area contributed by atoms with Crippen LogP contribution >= 0.6 is 11.8 Å². The molecule has 7 rings (SSSR count). The first kappa shape index (κ1) is 49.5. The van der Waals surface area contributed by atoms with Gasteiger partial charge in [-0.3, -0.25) is 9.59 Å². The number of carbonyl (C=O) groups excluding carboxylic acids is 3. The highest BCUT2D eigenvalue weighted by Crippen LogP contribution is 2.35. The molecule has 0 aromatic heterocycles. The maximum absolute atomic E-state index is 13.9. The number of esters is 3. The highest BCUT2D eigenvalue weighted by atomic mass is 32.2. The van der Waals surface area contributed by atoms with Crippen LogP contribution in [0, 0.1) is 0 Å². The lowest BCUT2D eigenvalue weighted by atomic mass is 9.98. The molecule has 2 fully saturated rings. The van der Waals surface area contributed by atoms with Crippen LogP contribution in [-0.2, 0) is 78.6 Å². The summed E-state index contributed by atoms with van der Waals surface area (Å²) in [6.45, 7) is 4.54. The molecule has 0 spiro atoms. The molecule has 0 radical (unpaired) electrons. The topological polar surface area (TPSA) is 155 Å². The average Bonchev–Trinajstić information content (AvgIpc) is 3.36. The Kier molecular flexibility index (Phi) is 18.9. The van der Waals surface area contributed by atoms with Crippen LogP contribution in [-0.4, -0.2) is 95.9 Å². The molecule has 2 aliphatic heterocycles. The molecule has 2 aliphatic rings. The van der Waals surface area contributed by atoms with Crippen LogP contribution in [0.15, 0.2) is 152 Å². The lowest BCUT2D eigenvalue weighted by Gasteiger charge is -2.44. The van der Waals surface area contributed by atoms with Gasteiger partial charge in [-0.05, 0) is 47.1 Å². The maximum atomic E-state index is 13.9. The Bertz CT molecular complexity index is 2240. The molecule has 0 unspecified atom stereocenters. The average molecular weight is 935 g/mol. The van der Waals surface area contributed by atoms with E-state index in [-0.39, 0.29) is 45.0 Å². The van der Waals surface area contributed by atoms with E-state index in [2.05, 4.69) is 0 Å². The van der Waals surface area contributed by atoms with Crippen LogP contribution in [0.25, 0.3) is 0 Å². The molecular weight excluding hydrogens is 877 g/mol. The van der Waals surface area contributed by atoms with E-state index in [0.717, 1.165) is 22.3 Å². The minimum absolute atomic E-state index is 0.0419. The molecule has 67 heavy (non-hydrogen) atoms. The van der Waals surface area contributed by atoms with E-state index in [1.165, 1.54) is 11.8 Å². The minimum atomic E-state index is -1.54. The van der Waals surface area contributed by atoms with Crippen LogP contribution in [0.2, 0.25) is 0 Å². The molecule has 0 bridgehead atoms. The maximum Gasteiger partial charge on any atom is 0.338 e. The highest BCUT2D eigenvalue weighted by Gasteiger charge is 2.51. The summed E-state index contributed by atoms with van der Waals surface area (Å²) in [5.74, 6) is -1.65. The third-order valence-electron chi connectivity index (χ3n) is 11.2. The highest BCUT2D eigenvalue weighted by molar-refractivity contribution is 7.99. The van der Waals surface area contributed by atoms with E-state index in [1.807, 2.05) is 135 Å². The van der Waals surface area contributed by atoms with Crippen molar-refractivity contribution in [2.75, 3.05) is 12.4 Å². The summed E-state index contributed by atoms with van der Waals surface area (Å²) in [7, 11) is 0. The third-order valence-corrected chi connectivity index (χ3v) is 12.3. The molecule has 0 saturated carbocycles. The Hall–Kier alpha value is -5.42. The van der Waals surface area contributed by atoms with E-state index < -0.39 is 84.9 Å². The fourth-order valence-corrected chi connectivity index (χ4v) is 8.77. The second-order valence-electron chi connectivity index (χ2n) is 16.2. The first-order chi connectivity index (χ1) is 32.7. The molecule has 354 valence electrons. The van der Waals surface area contributed by atoms with Gasteiger partial charge in [0.15, 0.2) is 24.6 Å². The van der Waals surface area contributed by atoms with E-state index in [4.69, 9.17) is 42.6 Å². The van der Waals surface area contributed by atoms with Crippen LogP contribution in [0.4, 0.5) is 0 Å². The zero-order valence-electron chi connectivity index (χ0n) is 37.6. The minimum Gasteiger partial charge on any atom is -0.456 e. The van der Waals surface area contributed by atoms with Crippen molar-refractivity contribution in [3.63, 3.8) is 0 Å². The van der Waals surface area contributed by atoms with Gasteiger partial charge >= 0.3 is 17.9 Å². The molecular formula is C53H58O13S. The number of carbonyl (C=O) groups is 3. The first-order valence-corrected chi connectivity index (χ1v) is 23.6. The van der Waals surface area contributed by atoms with Crippen LogP contribution in [0.3, 0.4) is 0 Å². The molecule has 1 N–H and O–H groups in total. The largest absolute Gasteiger partial charge is 0.456 e. The van der Waals surface area contributed by atoms with Gasteiger partial charge in [0.05, 0.1) is 57.5 Å². The molecule has 10 atom stereocenters. The van der Waals surface area contributed by atoms with E-state index >= 15 is 0 Å². The monoisotopic (exact) mass is 934 g/mol. The smallest absolute Gasteiger partial charge is 0.338 e. The molecule has 5 aromatic rings. The zero-order chi connectivity index (χ0) is 46.8. The van der Waals surface area contributed by atoms with Gasteiger partial charge in [0.2, 0.25) is 0 Å². The molecule has 0 amide bonds. The SMILES string of the molecule is CCS[C@@H]1O[C@@H](C)[C@H](OCc2ccccc2)[C@@H](OCc2ccccc2)[C@H]1OC(=O)CCC(=O)O[C@H]1[C@H](O)[C@@H](COCc2ccccc2)O[C@H](OCc2ccccc2)[C@@H]1OC(=O)c1ccccc1. The van der Waals surface area contributed by atoms with Crippen LogP contribution in [0.5, 0.6) is 0 Å². The predicted octanol–water partition coefficient (Wildman–Crippen LogP) is 8.00. The first-order valence-electron chi connectivity index (χ1n) is 22.6. The fourth-order valence-electron chi connectivity index (χ4n) is 7.78. The van der Waals surface area contributed by atoms with Crippen molar-refractivity contribution < 1.29 is 62.1 Å². The van der Waals surface area contributed by atoms with Crippen molar-refractivity contribution in [2.45, 2.75) is 114 Å². The Morgan fingerprint density at radius 2 is 1.00 bits per heavy atom. The Morgan fingerprint density at radius 1 is 0.537 bits per heavy atom. The molecule has 0 aliphatic carbocycles. The zero-order valence-corrected chi connectivity index (χ0v) is 38.4. The number of aliphatic hydroxyl groups excluding tert-OH is 1. The van der Waals surface area contributed by atoms with Gasteiger partial charge in [0.25, 0.3) is 0 Å². The second kappa shape index (κ2) is 25.6. The van der Waals surface area contributed by atoms with Gasteiger partial charge in [-0.1, -0.05) is 146 Å². The summed E-state index contributed by atoms with van der Waals surface area (Å²) >= 11 is 1.48. The Morgan fingerprint density at radius 3 is 1.52 bits per heavy atom. The number of hydrogen-bond acceptors (Lipinski definition) is 14. The van der Waals surface area contributed by atoms with Gasteiger partial charge in [-0.25, -0.2) is 4.79 Å². The van der Waals surface area contributed by atoms with Crippen LogP contribution in [0.1, 0.15) is 59.3 Å². The summed E-state index contributed by atoms with van der Waals surface area (Å²) < 4.78 is 56.1. The molecule has 14 heteroatoms. The number of rotatable bonds is 22. The van der Waals surface area contributed by atoms with Crippen molar-refractivity contribution in [3.8, 4) is 0 Å². The standard InChI is InChI=1S/C53H58O13S/c1-3-67-53-50(48(60-33-39-23-13-6-14-24-39)46(36(2)62-53)59-32-38-21-11-5-12-22-38)65-44(55)30-29-43(54)64-47-45(56)42(35-58-31-37-19-9-4-10-20-37)63-52(61-34-40-25-15-7-16-26-40)49(47)66-51(57)41-27-17-8-18-28-41/h4-28,36,42,45-50,52-53,56H,3,29-35H2,1-2H3/t36-,42+,45+,46-,47-,48+,49+,50+,52-,53-/m0/s1. The van der Waals surface area contributed by atoms with Crippen molar-refractivity contribution >= 4 is 29.7 Å². The van der Waals surface area contributed by atoms with Crippen molar-refractivity contribution in [1.82, 2.24) is 0 Å². The molecule has 2 saturated heterocycles. The van der Waals surface area contributed by atoms with Crippen molar-refractivity contribution in [3.05, 3.63) is 179 Å². The number of ether oxygens (including phenoxy) is 9. The number of thioether (sulfide) groups is 1. The van der Waals surface area contributed by atoms with E-state index in [0.29, 0.717) is 5.75 Å². The van der Waals surface area contributed by atoms with Gasteiger partial charge < -0.3 is 47.7 Å². The third kappa shape index (κ3) is 14.5.